The van der Waals surface area contributed by atoms with E-state index in [2.05, 4.69) is 19.2 Å². The van der Waals surface area contributed by atoms with E-state index in [9.17, 15) is 19.3 Å². The molecule has 1 aliphatic rings. The first-order valence-electron chi connectivity index (χ1n) is 6.99. The van der Waals surface area contributed by atoms with Crippen molar-refractivity contribution in [2.75, 3.05) is 6.54 Å². The molecular formula is C15H19FN2O3. The van der Waals surface area contributed by atoms with Gasteiger partial charge in [-0.05, 0) is 36.7 Å². The van der Waals surface area contributed by atoms with E-state index in [0.717, 1.165) is 25.0 Å². The third-order valence-electron chi connectivity index (χ3n) is 4.41. The number of rotatable bonds is 5. The van der Waals surface area contributed by atoms with Crippen LogP contribution in [0, 0.1) is 34.2 Å². The van der Waals surface area contributed by atoms with Crippen LogP contribution in [-0.2, 0) is 0 Å². The van der Waals surface area contributed by atoms with Crippen LogP contribution < -0.4 is 5.32 Å². The third-order valence-corrected chi connectivity index (χ3v) is 4.41. The largest absolute Gasteiger partial charge is 0.351 e. The minimum atomic E-state index is -0.701. The van der Waals surface area contributed by atoms with Crippen LogP contribution in [0.25, 0.3) is 0 Å². The van der Waals surface area contributed by atoms with Crippen LogP contribution in [0.15, 0.2) is 12.1 Å². The predicted octanol–water partition coefficient (Wildman–Crippen LogP) is 3.21. The standard InChI is InChI=1S/C15H19FN2O3/c1-9(2)15(4-5-15)8-17-14(19)12-7-11(18(20)21)6-10(3)13(12)16/h6-7,9H,4-5,8H2,1-3H3,(H,17,19). The van der Waals surface area contributed by atoms with Crippen LogP contribution in [0.2, 0.25) is 0 Å². The number of hydrogen-bond donors (Lipinski definition) is 1. The zero-order valence-electron chi connectivity index (χ0n) is 12.4. The van der Waals surface area contributed by atoms with E-state index in [0.29, 0.717) is 12.5 Å². The predicted molar refractivity (Wildman–Crippen MR) is 76.6 cm³/mol. The first kappa shape index (κ1) is 15.4. The molecule has 0 atom stereocenters. The monoisotopic (exact) mass is 294 g/mol. The van der Waals surface area contributed by atoms with E-state index in [1.54, 1.807) is 0 Å². The molecule has 1 aromatic rings. The summed E-state index contributed by atoms with van der Waals surface area (Å²) >= 11 is 0. The second-order valence-corrected chi connectivity index (χ2v) is 6.08. The lowest BCUT2D eigenvalue weighted by Gasteiger charge is -2.20. The number of benzene rings is 1. The summed E-state index contributed by atoms with van der Waals surface area (Å²) in [5, 5.41) is 13.5. The fraction of sp³-hybridized carbons (Fsp3) is 0.533. The maximum atomic E-state index is 14.0. The van der Waals surface area contributed by atoms with Crippen molar-refractivity contribution < 1.29 is 14.1 Å². The average Bonchev–Trinajstić information content (AvgIpc) is 3.20. The van der Waals surface area contributed by atoms with Crippen molar-refractivity contribution in [1.29, 1.82) is 0 Å². The van der Waals surface area contributed by atoms with E-state index >= 15 is 0 Å². The molecule has 0 saturated heterocycles. The topological polar surface area (TPSA) is 72.2 Å². The Kier molecular flexibility index (Phi) is 3.98. The molecule has 5 nitrogen and oxygen atoms in total. The highest BCUT2D eigenvalue weighted by Gasteiger charge is 2.45. The molecule has 2 rings (SSSR count). The van der Waals surface area contributed by atoms with Gasteiger partial charge in [0, 0.05) is 18.7 Å². The van der Waals surface area contributed by atoms with Crippen LogP contribution in [0.4, 0.5) is 10.1 Å². The number of amides is 1. The lowest BCUT2D eigenvalue weighted by molar-refractivity contribution is -0.385. The van der Waals surface area contributed by atoms with Crippen LogP contribution in [0.1, 0.15) is 42.6 Å². The zero-order chi connectivity index (χ0) is 15.8. The number of nitrogens with zero attached hydrogens (tertiary/aromatic N) is 1. The Labute approximate surface area is 122 Å². The summed E-state index contributed by atoms with van der Waals surface area (Å²) in [4.78, 5) is 22.3. The van der Waals surface area contributed by atoms with Crippen molar-refractivity contribution >= 4 is 11.6 Å². The van der Waals surface area contributed by atoms with Crippen molar-refractivity contribution in [3.05, 3.63) is 39.2 Å². The van der Waals surface area contributed by atoms with Gasteiger partial charge in [-0.2, -0.15) is 0 Å². The molecule has 0 aliphatic heterocycles. The van der Waals surface area contributed by atoms with Gasteiger partial charge in [-0.3, -0.25) is 14.9 Å². The highest BCUT2D eigenvalue weighted by molar-refractivity contribution is 5.95. The molecule has 0 heterocycles. The van der Waals surface area contributed by atoms with Crippen LogP contribution in [-0.4, -0.2) is 17.4 Å². The molecule has 1 fully saturated rings. The second-order valence-electron chi connectivity index (χ2n) is 6.08. The zero-order valence-corrected chi connectivity index (χ0v) is 12.4. The Bertz CT molecular complexity index is 595. The summed E-state index contributed by atoms with van der Waals surface area (Å²) < 4.78 is 14.0. The molecule has 0 spiro atoms. The molecule has 0 aromatic heterocycles. The van der Waals surface area contributed by atoms with E-state index < -0.39 is 16.6 Å². The number of carbonyl (C=O) groups is 1. The Morgan fingerprint density at radius 3 is 2.57 bits per heavy atom. The lowest BCUT2D eigenvalue weighted by Crippen LogP contribution is -2.33. The molecule has 114 valence electrons. The lowest BCUT2D eigenvalue weighted by atomic mass is 9.92. The number of aryl methyl sites for hydroxylation is 1. The normalized spacial score (nSPS) is 15.9. The van der Waals surface area contributed by atoms with Gasteiger partial charge in [0.1, 0.15) is 5.82 Å². The van der Waals surface area contributed by atoms with E-state index in [-0.39, 0.29) is 22.2 Å². The van der Waals surface area contributed by atoms with E-state index in [4.69, 9.17) is 0 Å². The van der Waals surface area contributed by atoms with Crippen molar-refractivity contribution in [3.8, 4) is 0 Å². The molecule has 1 aliphatic carbocycles. The molecule has 1 N–H and O–H groups in total. The first-order valence-corrected chi connectivity index (χ1v) is 6.99. The van der Waals surface area contributed by atoms with Gasteiger partial charge >= 0.3 is 0 Å². The van der Waals surface area contributed by atoms with Gasteiger partial charge < -0.3 is 5.32 Å². The Balaban J connectivity index is 2.17. The fourth-order valence-electron chi connectivity index (χ4n) is 2.49. The molecular weight excluding hydrogens is 275 g/mol. The molecule has 1 aromatic carbocycles. The molecule has 0 bridgehead atoms. The minimum absolute atomic E-state index is 0.0966. The number of nitro groups is 1. The summed E-state index contributed by atoms with van der Waals surface area (Å²) in [6.07, 6.45) is 2.09. The number of hydrogen-bond acceptors (Lipinski definition) is 3. The average molecular weight is 294 g/mol. The van der Waals surface area contributed by atoms with Gasteiger partial charge in [0.15, 0.2) is 0 Å². The minimum Gasteiger partial charge on any atom is -0.351 e. The van der Waals surface area contributed by atoms with Gasteiger partial charge in [-0.25, -0.2) is 4.39 Å². The van der Waals surface area contributed by atoms with Crippen LogP contribution >= 0.6 is 0 Å². The van der Waals surface area contributed by atoms with Gasteiger partial charge in [0.05, 0.1) is 10.5 Å². The molecule has 6 heteroatoms. The van der Waals surface area contributed by atoms with Crippen molar-refractivity contribution in [2.45, 2.75) is 33.6 Å². The van der Waals surface area contributed by atoms with Gasteiger partial charge in [-0.15, -0.1) is 0 Å². The van der Waals surface area contributed by atoms with E-state index in [1.165, 1.54) is 6.92 Å². The highest BCUT2D eigenvalue weighted by atomic mass is 19.1. The third kappa shape index (κ3) is 3.04. The van der Waals surface area contributed by atoms with Crippen LogP contribution in [0.3, 0.4) is 0 Å². The number of halogens is 1. The Morgan fingerprint density at radius 1 is 1.48 bits per heavy atom. The fourth-order valence-corrected chi connectivity index (χ4v) is 2.49. The van der Waals surface area contributed by atoms with E-state index in [1.807, 2.05) is 0 Å². The Hall–Kier alpha value is -1.98. The number of non-ortho nitro benzene ring substituents is 1. The maximum absolute atomic E-state index is 14.0. The number of nitrogens with one attached hydrogen (secondary N) is 1. The quantitative estimate of drug-likeness (QED) is 0.669. The number of carbonyl (C=O) groups excluding carboxylic acids is 1. The molecule has 21 heavy (non-hydrogen) atoms. The summed E-state index contributed by atoms with van der Waals surface area (Å²) in [5.41, 5.74) is -0.341. The maximum Gasteiger partial charge on any atom is 0.270 e. The van der Waals surface area contributed by atoms with Gasteiger partial charge in [0.2, 0.25) is 0 Å². The Morgan fingerprint density at radius 2 is 2.10 bits per heavy atom. The van der Waals surface area contributed by atoms with Crippen molar-refractivity contribution in [2.24, 2.45) is 11.3 Å². The molecule has 0 radical (unpaired) electrons. The highest BCUT2D eigenvalue weighted by Crippen LogP contribution is 2.51. The molecule has 0 unspecified atom stereocenters. The number of nitro benzene ring substituents is 1. The van der Waals surface area contributed by atoms with Crippen molar-refractivity contribution in [1.82, 2.24) is 5.32 Å². The SMILES string of the molecule is Cc1cc([N+](=O)[O-])cc(C(=O)NCC2(C(C)C)CC2)c1F. The second kappa shape index (κ2) is 5.42. The summed E-state index contributed by atoms with van der Waals surface area (Å²) in [7, 11) is 0. The van der Waals surface area contributed by atoms with Crippen LogP contribution in [0.5, 0.6) is 0 Å². The van der Waals surface area contributed by atoms with Gasteiger partial charge in [-0.1, -0.05) is 13.8 Å². The van der Waals surface area contributed by atoms with Gasteiger partial charge in [0.25, 0.3) is 11.6 Å². The van der Waals surface area contributed by atoms with Crippen molar-refractivity contribution in [3.63, 3.8) is 0 Å². The first-order chi connectivity index (χ1) is 9.77. The summed E-state index contributed by atoms with van der Waals surface area (Å²) in [5.74, 6) is -0.854. The summed E-state index contributed by atoms with van der Waals surface area (Å²) in [6, 6.07) is 2.12. The summed E-state index contributed by atoms with van der Waals surface area (Å²) in [6.45, 7) is 6.08. The molecule has 1 saturated carbocycles. The smallest absolute Gasteiger partial charge is 0.270 e. The molecule has 1 amide bonds.